The number of aliphatic hydroxyl groups is 1. The van der Waals surface area contributed by atoms with E-state index >= 15 is 0 Å². The van der Waals surface area contributed by atoms with E-state index < -0.39 is 6.10 Å². The highest BCUT2D eigenvalue weighted by Gasteiger charge is 2.29. The molecule has 2 aromatic carbocycles. The summed E-state index contributed by atoms with van der Waals surface area (Å²) < 4.78 is 11.1. The van der Waals surface area contributed by atoms with Gasteiger partial charge in [0, 0.05) is 11.5 Å². The molecule has 1 heterocycles. The van der Waals surface area contributed by atoms with Gasteiger partial charge in [0.15, 0.2) is 11.5 Å². The average Bonchev–Trinajstić information content (AvgIpc) is 2.89. The fourth-order valence-corrected chi connectivity index (χ4v) is 2.76. The van der Waals surface area contributed by atoms with Gasteiger partial charge in [-0.15, -0.1) is 0 Å². The molecule has 3 heteroatoms. The lowest BCUT2D eigenvalue weighted by Crippen LogP contribution is -2.05. The third kappa shape index (κ3) is 2.04. The van der Waals surface area contributed by atoms with Gasteiger partial charge in [0.25, 0.3) is 0 Å². The van der Waals surface area contributed by atoms with E-state index in [1.54, 1.807) is 7.11 Å². The van der Waals surface area contributed by atoms with Crippen LogP contribution in [0.2, 0.25) is 0 Å². The zero-order chi connectivity index (χ0) is 14.1. The summed E-state index contributed by atoms with van der Waals surface area (Å²) >= 11 is 0. The van der Waals surface area contributed by atoms with Crippen molar-refractivity contribution in [1.29, 1.82) is 0 Å². The number of hydrogen-bond acceptors (Lipinski definition) is 3. The fourth-order valence-electron chi connectivity index (χ4n) is 2.76. The Kier molecular flexibility index (Phi) is 3.36. The van der Waals surface area contributed by atoms with Crippen LogP contribution in [-0.4, -0.2) is 18.8 Å². The minimum atomic E-state index is -0.639. The minimum absolute atomic E-state index is 0.258. The van der Waals surface area contributed by atoms with E-state index in [1.807, 2.05) is 42.5 Å². The zero-order valence-electron chi connectivity index (χ0n) is 11.7. The quantitative estimate of drug-likeness (QED) is 0.930. The van der Waals surface area contributed by atoms with Crippen molar-refractivity contribution in [3.63, 3.8) is 0 Å². The van der Waals surface area contributed by atoms with Crippen molar-refractivity contribution < 1.29 is 14.6 Å². The predicted molar refractivity (Wildman–Crippen MR) is 77.4 cm³/mol. The highest BCUT2D eigenvalue weighted by molar-refractivity contribution is 5.56. The fraction of sp³-hybridized carbons (Fsp3) is 0.294. The number of rotatable bonds is 3. The summed E-state index contributed by atoms with van der Waals surface area (Å²) in [5.41, 5.74) is 2.84. The summed E-state index contributed by atoms with van der Waals surface area (Å²) in [6.45, 7) is 2.73. The summed E-state index contributed by atoms with van der Waals surface area (Å²) in [7, 11) is 1.63. The normalized spacial score (nSPS) is 18.2. The Hall–Kier alpha value is -2.00. The Balaban J connectivity index is 2.09. The van der Waals surface area contributed by atoms with Gasteiger partial charge >= 0.3 is 0 Å². The molecule has 1 aliphatic heterocycles. The second-order valence-corrected chi connectivity index (χ2v) is 5.13. The topological polar surface area (TPSA) is 38.7 Å². The van der Waals surface area contributed by atoms with Gasteiger partial charge in [0.2, 0.25) is 0 Å². The van der Waals surface area contributed by atoms with Gasteiger partial charge < -0.3 is 14.6 Å². The maximum atomic E-state index is 10.6. The Bertz CT molecular complexity index is 607. The summed E-state index contributed by atoms with van der Waals surface area (Å²) in [4.78, 5) is 0. The van der Waals surface area contributed by atoms with E-state index in [1.165, 1.54) is 0 Å². The van der Waals surface area contributed by atoms with Crippen molar-refractivity contribution in [3.05, 3.63) is 59.2 Å². The third-order valence-electron chi connectivity index (χ3n) is 3.79. The molecule has 0 saturated carbocycles. The van der Waals surface area contributed by atoms with Crippen LogP contribution in [0.3, 0.4) is 0 Å². The van der Waals surface area contributed by atoms with Crippen LogP contribution in [0.5, 0.6) is 11.5 Å². The lowest BCUT2D eigenvalue weighted by Gasteiger charge is -2.17. The first-order valence-corrected chi connectivity index (χ1v) is 6.79. The number of ether oxygens (including phenoxy) is 2. The Morgan fingerprint density at radius 1 is 1.20 bits per heavy atom. The molecule has 20 heavy (non-hydrogen) atoms. The molecule has 2 atom stereocenters. The summed E-state index contributed by atoms with van der Waals surface area (Å²) in [5.74, 6) is 1.76. The van der Waals surface area contributed by atoms with Crippen molar-refractivity contribution in [2.75, 3.05) is 13.7 Å². The first-order valence-electron chi connectivity index (χ1n) is 6.79. The largest absolute Gasteiger partial charge is 0.493 e. The molecule has 3 nitrogen and oxygen atoms in total. The first kappa shape index (κ1) is 13.0. The van der Waals surface area contributed by atoms with Crippen molar-refractivity contribution in [2.45, 2.75) is 18.9 Å². The Labute approximate surface area is 118 Å². The second-order valence-electron chi connectivity index (χ2n) is 5.13. The summed E-state index contributed by atoms with van der Waals surface area (Å²) in [5, 5.41) is 10.6. The van der Waals surface area contributed by atoms with Crippen molar-refractivity contribution in [1.82, 2.24) is 0 Å². The van der Waals surface area contributed by atoms with Crippen LogP contribution in [0.1, 0.15) is 35.6 Å². The molecule has 1 aliphatic rings. The Morgan fingerprint density at radius 2 is 1.95 bits per heavy atom. The number of methoxy groups -OCH3 is 1. The van der Waals surface area contributed by atoms with Gasteiger partial charge in [-0.1, -0.05) is 43.3 Å². The van der Waals surface area contributed by atoms with Crippen molar-refractivity contribution in [3.8, 4) is 11.5 Å². The Morgan fingerprint density at radius 3 is 2.65 bits per heavy atom. The molecule has 0 saturated heterocycles. The van der Waals surface area contributed by atoms with Gasteiger partial charge in [-0.3, -0.25) is 0 Å². The van der Waals surface area contributed by atoms with Crippen LogP contribution in [0.25, 0.3) is 0 Å². The maximum absolute atomic E-state index is 10.6. The smallest absolute Gasteiger partial charge is 0.165 e. The molecule has 0 aliphatic carbocycles. The molecule has 2 unspecified atom stereocenters. The van der Waals surface area contributed by atoms with Gasteiger partial charge in [0.05, 0.1) is 13.7 Å². The van der Waals surface area contributed by atoms with Crippen LogP contribution >= 0.6 is 0 Å². The zero-order valence-corrected chi connectivity index (χ0v) is 11.7. The monoisotopic (exact) mass is 270 g/mol. The van der Waals surface area contributed by atoms with E-state index in [2.05, 4.69) is 6.92 Å². The highest BCUT2D eigenvalue weighted by Crippen LogP contribution is 2.45. The molecule has 0 aromatic heterocycles. The number of fused-ring (bicyclic) bond motifs is 1. The van der Waals surface area contributed by atoms with E-state index in [-0.39, 0.29) is 5.92 Å². The van der Waals surface area contributed by atoms with Crippen LogP contribution < -0.4 is 9.47 Å². The van der Waals surface area contributed by atoms with E-state index in [0.29, 0.717) is 6.61 Å². The molecule has 0 spiro atoms. The molecule has 0 radical (unpaired) electrons. The molecule has 0 amide bonds. The second kappa shape index (κ2) is 5.17. The van der Waals surface area contributed by atoms with Gasteiger partial charge in [-0.05, 0) is 17.2 Å². The third-order valence-corrected chi connectivity index (χ3v) is 3.79. The van der Waals surface area contributed by atoms with Gasteiger partial charge in [-0.25, -0.2) is 0 Å². The lowest BCUT2D eigenvalue weighted by molar-refractivity contribution is 0.219. The molecule has 104 valence electrons. The van der Waals surface area contributed by atoms with Crippen molar-refractivity contribution in [2.24, 2.45) is 0 Å². The number of benzene rings is 2. The van der Waals surface area contributed by atoms with Crippen LogP contribution in [0, 0.1) is 0 Å². The SMILES string of the molecule is COc1ccc(C(O)c2ccccc2)c2c1OCC2C. The minimum Gasteiger partial charge on any atom is -0.493 e. The number of aliphatic hydroxyl groups excluding tert-OH is 1. The van der Waals surface area contributed by atoms with Crippen LogP contribution in [-0.2, 0) is 0 Å². The average molecular weight is 270 g/mol. The highest BCUT2D eigenvalue weighted by atomic mass is 16.5. The van der Waals surface area contributed by atoms with Crippen LogP contribution in [0.15, 0.2) is 42.5 Å². The summed E-state index contributed by atoms with van der Waals surface area (Å²) in [6, 6.07) is 13.5. The molecular formula is C17H18O3. The lowest BCUT2D eigenvalue weighted by atomic mass is 9.91. The van der Waals surface area contributed by atoms with E-state index in [9.17, 15) is 5.11 Å². The number of hydrogen-bond donors (Lipinski definition) is 1. The molecule has 2 aromatic rings. The van der Waals surface area contributed by atoms with Gasteiger partial charge in [-0.2, -0.15) is 0 Å². The first-order chi connectivity index (χ1) is 9.72. The molecule has 3 rings (SSSR count). The van der Waals surface area contributed by atoms with Crippen molar-refractivity contribution >= 4 is 0 Å². The molecule has 0 fully saturated rings. The molecule has 0 bridgehead atoms. The van der Waals surface area contributed by atoms with E-state index in [0.717, 1.165) is 28.2 Å². The van der Waals surface area contributed by atoms with Crippen LogP contribution in [0.4, 0.5) is 0 Å². The summed E-state index contributed by atoms with van der Waals surface area (Å²) in [6.07, 6.45) is -0.639. The van der Waals surface area contributed by atoms with E-state index in [4.69, 9.17) is 9.47 Å². The van der Waals surface area contributed by atoms with Gasteiger partial charge in [0.1, 0.15) is 6.10 Å². The molecule has 1 N–H and O–H groups in total. The maximum Gasteiger partial charge on any atom is 0.165 e. The predicted octanol–water partition coefficient (Wildman–Crippen LogP) is 3.27. The molecular weight excluding hydrogens is 252 g/mol. The standard InChI is InChI=1S/C17H18O3/c1-11-10-20-17-14(19-2)9-8-13(15(11)17)16(18)12-6-4-3-5-7-12/h3-9,11,16,18H,10H2,1-2H3.